The van der Waals surface area contributed by atoms with Gasteiger partial charge >= 0.3 is 0 Å². The highest BCUT2D eigenvalue weighted by Crippen LogP contribution is 2.35. The van der Waals surface area contributed by atoms with Gasteiger partial charge in [-0.05, 0) is 11.6 Å². The van der Waals surface area contributed by atoms with Crippen LogP contribution in [0.25, 0.3) is 33.1 Å². The maximum atomic E-state index is 13.0. The molecule has 0 bridgehead atoms. The molecule has 128 valence electrons. The average molecular weight is 353 g/mol. The number of carbonyl (C=O) groups excluding carboxylic acids is 1. The number of carbonyl (C=O) groups is 1. The van der Waals surface area contributed by atoms with Crippen LogP contribution in [0.5, 0.6) is 0 Å². The number of rotatable bonds is 3. The van der Waals surface area contributed by atoms with Crippen molar-refractivity contribution < 1.29 is 16.1 Å². The molecule has 0 aliphatic heterocycles. The number of ketones is 1. The fourth-order valence-electron chi connectivity index (χ4n) is 3.28. The molecule has 1 heterocycles. The number of furan rings is 1. The summed E-state index contributed by atoms with van der Waals surface area (Å²) in [5.41, 5.74) is 3.17. The Hall–Kier alpha value is -3.65. The fraction of sp³-hybridized carbons (Fsp3) is 0. The predicted octanol–water partition coefficient (Wildman–Crippen LogP) is 6.48. The first-order valence-corrected chi connectivity index (χ1v) is 8.51. The van der Waals surface area contributed by atoms with Gasteiger partial charge in [-0.1, -0.05) is 90.9 Å². The van der Waals surface area contributed by atoms with E-state index in [-0.39, 0.29) is 11.1 Å². The topological polar surface area (TPSA) is 30.2 Å². The van der Waals surface area contributed by atoms with Crippen LogP contribution < -0.4 is 0 Å². The first kappa shape index (κ1) is 11.1. The summed E-state index contributed by atoms with van der Waals surface area (Å²) in [5, 5.41) is 2.02. The zero-order chi connectivity index (χ0) is 22.6. The maximum absolute atomic E-state index is 13.0. The maximum Gasteiger partial charge on any atom is 0.193 e. The van der Waals surface area contributed by atoms with Crippen LogP contribution in [-0.4, -0.2) is 5.78 Å². The van der Waals surface area contributed by atoms with E-state index < -0.39 is 36.0 Å². The molecule has 5 rings (SSSR count). The van der Waals surface area contributed by atoms with E-state index in [0.717, 1.165) is 33.1 Å². The first-order chi connectivity index (χ1) is 15.4. The fourth-order valence-corrected chi connectivity index (χ4v) is 3.28. The van der Waals surface area contributed by atoms with E-state index in [2.05, 4.69) is 0 Å². The van der Waals surface area contributed by atoms with Crippen LogP contribution in [0.1, 0.15) is 22.8 Å². The summed E-state index contributed by atoms with van der Waals surface area (Å²) in [6.07, 6.45) is 0. The molecule has 2 nitrogen and oxygen atoms in total. The lowest BCUT2D eigenvalue weighted by molar-refractivity contribution is 0.103. The van der Waals surface area contributed by atoms with Crippen molar-refractivity contribution in [1.82, 2.24) is 0 Å². The molecular formula is C25H16O2. The molecular weight excluding hydrogens is 332 g/mol. The molecule has 0 radical (unpaired) electrons. The van der Waals surface area contributed by atoms with Crippen LogP contribution in [0.2, 0.25) is 0 Å². The monoisotopic (exact) mass is 353 g/mol. The lowest BCUT2D eigenvalue weighted by Crippen LogP contribution is -2.00. The number of hydrogen-bond acceptors (Lipinski definition) is 2. The van der Waals surface area contributed by atoms with Gasteiger partial charge < -0.3 is 4.42 Å². The predicted molar refractivity (Wildman–Crippen MR) is 109 cm³/mol. The molecule has 27 heavy (non-hydrogen) atoms. The molecule has 2 heteroatoms. The zero-order valence-electron chi connectivity index (χ0n) is 19.2. The highest BCUT2D eigenvalue weighted by molar-refractivity contribution is 6.11. The second-order valence-electron chi connectivity index (χ2n) is 6.19. The second kappa shape index (κ2) is 6.26. The van der Waals surface area contributed by atoms with Crippen LogP contribution in [0.15, 0.2) is 101 Å². The molecule has 0 aliphatic rings. The van der Waals surface area contributed by atoms with Crippen molar-refractivity contribution in [3.63, 3.8) is 0 Å². The van der Waals surface area contributed by atoms with Gasteiger partial charge in [0.2, 0.25) is 0 Å². The zero-order valence-corrected chi connectivity index (χ0v) is 14.2. The number of fused-ring (bicyclic) bond motifs is 3. The summed E-state index contributed by atoms with van der Waals surface area (Å²) in [4.78, 5) is 13.0. The molecule has 4 aromatic carbocycles. The Morgan fingerprint density at radius 2 is 1.48 bits per heavy atom. The van der Waals surface area contributed by atoms with Gasteiger partial charge in [-0.2, -0.15) is 0 Å². The number of benzene rings is 4. The van der Waals surface area contributed by atoms with E-state index in [1.807, 2.05) is 42.5 Å². The van der Waals surface area contributed by atoms with Crippen molar-refractivity contribution in [1.29, 1.82) is 0 Å². The smallest absolute Gasteiger partial charge is 0.193 e. The minimum atomic E-state index is -0.615. The molecule has 0 saturated carbocycles. The van der Waals surface area contributed by atoms with Gasteiger partial charge in [0, 0.05) is 27.5 Å². The molecule has 0 spiro atoms. The van der Waals surface area contributed by atoms with Crippen molar-refractivity contribution >= 4 is 27.7 Å². The van der Waals surface area contributed by atoms with Crippen molar-refractivity contribution in [3.05, 3.63) is 108 Å². The van der Waals surface area contributed by atoms with Gasteiger partial charge in [-0.15, -0.1) is 0 Å². The summed E-state index contributed by atoms with van der Waals surface area (Å²) in [6, 6.07) is 17.9. The lowest BCUT2D eigenvalue weighted by Gasteiger charge is -2.05. The number of hydrogen-bond donors (Lipinski definition) is 0. The summed E-state index contributed by atoms with van der Waals surface area (Å²) in [5.74, 6) is -0.615. The van der Waals surface area contributed by atoms with Gasteiger partial charge in [-0.3, -0.25) is 4.79 Å². The minimum absolute atomic E-state index is 0.240. The van der Waals surface area contributed by atoms with Crippen molar-refractivity contribution in [3.8, 4) is 11.1 Å². The quantitative estimate of drug-likeness (QED) is 0.347. The summed E-state index contributed by atoms with van der Waals surface area (Å²) in [6.45, 7) is 0. The number of para-hydroxylation sites is 2. The molecule has 0 aliphatic carbocycles. The van der Waals surface area contributed by atoms with Crippen LogP contribution >= 0.6 is 0 Å². The van der Waals surface area contributed by atoms with Crippen molar-refractivity contribution in [2.45, 2.75) is 0 Å². The third kappa shape index (κ3) is 2.63. The Kier molecular flexibility index (Phi) is 2.58. The van der Waals surface area contributed by atoms with E-state index in [9.17, 15) is 4.79 Å². The molecule has 0 unspecified atom stereocenters. The van der Waals surface area contributed by atoms with E-state index in [4.69, 9.17) is 11.3 Å². The Labute approximate surface area is 163 Å². The Morgan fingerprint density at radius 3 is 2.30 bits per heavy atom. The highest BCUT2D eigenvalue weighted by Gasteiger charge is 2.13. The van der Waals surface area contributed by atoms with Crippen molar-refractivity contribution in [2.24, 2.45) is 0 Å². The van der Waals surface area contributed by atoms with Gasteiger partial charge in [-0.25, -0.2) is 0 Å². The van der Waals surface area contributed by atoms with Gasteiger partial charge in [0.05, 0.1) is 6.85 Å². The summed E-state index contributed by atoms with van der Waals surface area (Å²) >= 11 is 0. The molecule has 0 fully saturated rings. The van der Waals surface area contributed by atoms with E-state index in [0.29, 0.717) is 0 Å². The molecule has 0 saturated heterocycles. The van der Waals surface area contributed by atoms with Gasteiger partial charge in [0.25, 0.3) is 0 Å². The van der Waals surface area contributed by atoms with Crippen LogP contribution in [-0.2, 0) is 0 Å². The molecule has 5 aromatic rings. The molecule has 0 atom stereocenters. The van der Waals surface area contributed by atoms with E-state index >= 15 is 0 Å². The lowest BCUT2D eigenvalue weighted by atomic mass is 9.98. The normalized spacial score (nSPS) is 13.7. The largest absolute Gasteiger partial charge is 0.455 e. The van der Waals surface area contributed by atoms with E-state index in [1.165, 1.54) is 0 Å². The van der Waals surface area contributed by atoms with Crippen molar-refractivity contribution in [2.75, 3.05) is 0 Å². The van der Waals surface area contributed by atoms with Gasteiger partial charge in [0.1, 0.15) is 11.2 Å². The molecule has 0 amide bonds. The molecule has 0 N–H and O–H groups in total. The highest BCUT2D eigenvalue weighted by atomic mass is 16.3. The Bertz CT molecular complexity index is 1510. The SMILES string of the molecule is [2H]c1c([2H])c([2H])c(C(=O)c2ccc(-c3cccc4c3oc3ccccc34)cc2)c([2H])c1[2H]. The van der Waals surface area contributed by atoms with Crippen LogP contribution in [0, 0.1) is 0 Å². The average Bonchev–Trinajstić information content (AvgIpc) is 3.20. The van der Waals surface area contributed by atoms with E-state index in [1.54, 1.807) is 24.3 Å². The Balaban J connectivity index is 1.58. The van der Waals surface area contributed by atoms with Crippen LogP contribution in [0.4, 0.5) is 0 Å². The van der Waals surface area contributed by atoms with Gasteiger partial charge in [0.15, 0.2) is 5.78 Å². The third-order valence-corrected chi connectivity index (χ3v) is 4.59. The van der Waals surface area contributed by atoms with Crippen LogP contribution in [0.3, 0.4) is 0 Å². The summed E-state index contributed by atoms with van der Waals surface area (Å²) in [7, 11) is 0. The third-order valence-electron chi connectivity index (χ3n) is 4.59. The standard InChI is InChI=1S/C25H16O2/c26-24(18-7-2-1-3-8-18)19-15-13-17(14-16-19)20-10-6-11-22-21-9-4-5-12-23(21)27-25(20)22/h1-16H/i1D,2D,3D,7D,8D. The second-order valence-corrected chi connectivity index (χ2v) is 6.19. The molecule has 1 aromatic heterocycles. The first-order valence-electron chi connectivity index (χ1n) is 11.0. The summed E-state index contributed by atoms with van der Waals surface area (Å²) < 4.78 is 45.4. The minimum Gasteiger partial charge on any atom is -0.455 e. The Morgan fingerprint density at radius 1 is 0.741 bits per heavy atom.